The first-order valence-corrected chi connectivity index (χ1v) is 13.4. The fraction of sp³-hybridized carbons (Fsp3) is 0.308. The first kappa shape index (κ1) is 27.1. The monoisotopic (exact) mass is 554 g/mol. The molecule has 0 atom stereocenters. The molecule has 0 aromatic heterocycles. The molecular formula is C26H26ClF3N2O4S. The van der Waals surface area contributed by atoms with E-state index in [2.05, 4.69) is 9.64 Å². The maximum absolute atomic E-state index is 13.8. The number of anilines is 1. The Morgan fingerprint density at radius 2 is 1.65 bits per heavy atom. The van der Waals surface area contributed by atoms with Gasteiger partial charge in [-0.15, -0.1) is 13.2 Å². The van der Waals surface area contributed by atoms with E-state index in [0.29, 0.717) is 43.2 Å². The van der Waals surface area contributed by atoms with Gasteiger partial charge in [-0.1, -0.05) is 35.9 Å². The van der Waals surface area contributed by atoms with Crippen LogP contribution in [0.4, 0.5) is 18.9 Å². The van der Waals surface area contributed by atoms with E-state index < -0.39 is 28.2 Å². The third kappa shape index (κ3) is 6.68. The average molecular weight is 555 g/mol. The van der Waals surface area contributed by atoms with Crippen molar-refractivity contribution >= 4 is 27.3 Å². The number of nitrogens with zero attached hydrogens (tertiary/aromatic N) is 2. The maximum Gasteiger partial charge on any atom is 0.573 e. The number of methoxy groups -OCH3 is 1. The zero-order chi connectivity index (χ0) is 26.6. The number of benzene rings is 3. The van der Waals surface area contributed by atoms with Gasteiger partial charge in [-0.3, -0.25) is 9.21 Å². The molecule has 0 saturated carbocycles. The van der Waals surface area contributed by atoms with Crippen molar-refractivity contribution in [2.24, 2.45) is 0 Å². The maximum atomic E-state index is 13.8. The van der Waals surface area contributed by atoms with E-state index in [1.54, 1.807) is 0 Å². The molecule has 37 heavy (non-hydrogen) atoms. The molecule has 0 amide bonds. The molecule has 1 aliphatic heterocycles. The van der Waals surface area contributed by atoms with Crippen LogP contribution in [0.25, 0.3) is 0 Å². The Morgan fingerprint density at radius 3 is 2.27 bits per heavy atom. The normalized spacial score (nSPS) is 15.4. The summed E-state index contributed by atoms with van der Waals surface area (Å²) in [6.45, 7) is 1.79. The summed E-state index contributed by atoms with van der Waals surface area (Å²) in [5.41, 5.74) is 1.07. The molecule has 1 fully saturated rings. The van der Waals surface area contributed by atoms with Gasteiger partial charge in [0.1, 0.15) is 11.5 Å². The van der Waals surface area contributed by atoms with E-state index in [9.17, 15) is 21.6 Å². The molecule has 0 unspecified atom stereocenters. The fourth-order valence-corrected chi connectivity index (χ4v) is 6.30. The van der Waals surface area contributed by atoms with Gasteiger partial charge in [-0.2, -0.15) is 0 Å². The first-order valence-electron chi connectivity index (χ1n) is 11.6. The van der Waals surface area contributed by atoms with Crippen molar-refractivity contribution in [2.45, 2.75) is 36.7 Å². The molecule has 3 aromatic rings. The molecule has 1 saturated heterocycles. The fourth-order valence-electron chi connectivity index (χ4n) is 4.40. The summed E-state index contributed by atoms with van der Waals surface area (Å²) in [6.07, 6.45) is -3.95. The summed E-state index contributed by atoms with van der Waals surface area (Å²) in [5.74, 6) is -0.00459. The lowest BCUT2D eigenvalue weighted by Crippen LogP contribution is -2.47. The number of ether oxygens (including phenoxy) is 2. The third-order valence-corrected chi connectivity index (χ3v) is 8.43. The van der Waals surface area contributed by atoms with Gasteiger partial charge < -0.3 is 9.47 Å². The smallest absolute Gasteiger partial charge is 0.497 e. The molecule has 11 heteroatoms. The van der Waals surface area contributed by atoms with Crippen LogP contribution in [0, 0.1) is 0 Å². The highest BCUT2D eigenvalue weighted by Crippen LogP contribution is 2.34. The van der Waals surface area contributed by atoms with E-state index >= 15 is 0 Å². The van der Waals surface area contributed by atoms with E-state index in [4.69, 9.17) is 16.3 Å². The lowest BCUT2D eigenvalue weighted by molar-refractivity contribution is -0.274. The summed E-state index contributed by atoms with van der Waals surface area (Å²) >= 11 is 6.30. The minimum absolute atomic E-state index is 0.00828. The number of sulfonamides is 1. The molecule has 0 spiro atoms. The van der Waals surface area contributed by atoms with Crippen molar-refractivity contribution in [1.29, 1.82) is 0 Å². The van der Waals surface area contributed by atoms with Gasteiger partial charge >= 0.3 is 6.36 Å². The molecular weight excluding hydrogens is 529 g/mol. The summed E-state index contributed by atoms with van der Waals surface area (Å²) in [4.78, 5) is 2.19. The predicted molar refractivity (Wildman–Crippen MR) is 136 cm³/mol. The number of piperidine rings is 1. The van der Waals surface area contributed by atoms with Crippen LogP contribution in [0.1, 0.15) is 18.4 Å². The van der Waals surface area contributed by atoms with E-state index in [-0.39, 0.29) is 10.6 Å². The largest absolute Gasteiger partial charge is 0.573 e. The number of hydrogen-bond donors (Lipinski definition) is 0. The van der Waals surface area contributed by atoms with Crippen molar-refractivity contribution in [3.8, 4) is 11.5 Å². The van der Waals surface area contributed by atoms with Crippen LogP contribution in [-0.2, 0) is 16.6 Å². The van der Waals surface area contributed by atoms with Gasteiger partial charge in [0.25, 0.3) is 10.0 Å². The van der Waals surface area contributed by atoms with Crippen LogP contribution in [-0.4, -0.2) is 45.9 Å². The Balaban J connectivity index is 1.63. The van der Waals surface area contributed by atoms with Crippen molar-refractivity contribution in [3.05, 3.63) is 83.4 Å². The molecule has 6 nitrogen and oxygen atoms in total. The summed E-state index contributed by atoms with van der Waals surface area (Å²) in [7, 11) is -2.65. The highest BCUT2D eigenvalue weighted by Gasteiger charge is 2.36. The van der Waals surface area contributed by atoms with Crippen LogP contribution < -0.4 is 13.8 Å². The molecule has 0 N–H and O–H groups in total. The molecule has 198 valence electrons. The Bertz CT molecular complexity index is 1310. The minimum atomic E-state index is -4.90. The van der Waals surface area contributed by atoms with Crippen molar-refractivity contribution < 1.29 is 31.1 Å². The number of alkyl halides is 3. The first-order chi connectivity index (χ1) is 17.6. The van der Waals surface area contributed by atoms with Crippen LogP contribution in [0.15, 0.2) is 77.7 Å². The second-order valence-electron chi connectivity index (χ2n) is 8.62. The second-order valence-corrected chi connectivity index (χ2v) is 10.8. The SMILES string of the molecule is COc1ccc(S(=O)(=O)N(c2cccc(OC(F)(F)F)c2)C2CCN(Cc3ccccc3Cl)CC2)cc1. The Hall–Kier alpha value is -2.95. The third-order valence-electron chi connectivity index (χ3n) is 6.16. The standard InChI is InChI=1S/C26H26ClF3N2O4S/c1-35-22-9-11-24(12-10-22)37(33,34)32(21-6-4-7-23(17-21)36-26(28,29)30)20-13-15-31(16-14-20)18-19-5-2-3-8-25(19)27/h2-12,17,20H,13-16,18H2,1H3. The number of halogens is 4. The Morgan fingerprint density at radius 1 is 0.973 bits per heavy atom. The summed E-state index contributed by atoms with van der Waals surface area (Å²) in [5, 5.41) is 0.662. The Kier molecular flexibility index (Phi) is 8.20. The van der Waals surface area contributed by atoms with E-state index in [1.807, 2.05) is 24.3 Å². The van der Waals surface area contributed by atoms with Gasteiger partial charge in [-0.25, -0.2) is 8.42 Å². The molecule has 1 heterocycles. The molecule has 0 bridgehead atoms. The van der Waals surface area contributed by atoms with Crippen molar-refractivity contribution in [3.63, 3.8) is 0 Å². The van der Waals surface area contributed by atoms with Crippen molar-refractivity contribution in [1.82, 2.24) is 4.90 Å². The molecule has 0 aliphatic carbocycles. The summed E-state index contributed by atoms with van der Waals surface area (Å²) < 4.78 is 76.7. The van der Waals surface area contributed by atoms with Crippen LogP contribution in [0.3, 0.4) is 0 Å². The van der Waals surface area contributed by atoms with Gasteiger partial charge in [0, 0.05) is 36.8 Å². The lowest BCUT2D eigenvalue weighted by Gasteiger charge is -2.39. The van der Waals surface area contributed by atoms with E-state index in [0.717, 1.165) is 17.7 Å². The van der Waals surface area contributed by atoms with Gasteiger partial charge in [0.05, 0.1) is 17.7 Å². The van der Waals surface area contributed by atoms with Gasteiger partial charge in [0.15, 0.2) is 0 Å². The average Bonchev–Trinajstić information content (AvgIpc) is 2.86. The van der Waals surface area contributed by atoms with E-state index in [1.165, 1.54) is 47.8 Å². The Labute approximate surface area is 219 Å². The number of rotatable bonds is 8. The number of likely N-dealkylation sites (tertiary alicyclic amines) is 1. The highest BCUT2D eigenvalue weighted by molar-refractivity contribution is 7.92. The zero-order valence-electron chi connectivity index (χ0n) is 20.0. The topological polar surface area (TPSA) is 59.1 Å². The van der Waals surface area contributed by atoms with Crippen LogP contribution in [0.2, 0.25) is 5.02 Å². The zero-order valence-corrected chi connectivity index (χ0v) is 21.6. The lowest BCUT2D eigenvalue weighted by atomic mass is 10.0. The van der Waals surface area contributed by atoms with Crippen LogP contribution >= 0.6 is 11.6 Å². The molecule has 1 aliphatic rings. The highest BCUT2D eigenvalue weighted by atomic mass is 35.5. The second kappa shape index (κ2) is 11.2. The number of hydrogen-bond acceptors (Lipinski definition) is 5. The molecule has 3 aromatic carbocycles. The van der Waals surface area contributed by atoms with Gasteiger partial charge in [0.2, 0.25) is 0 Å². The quantitative estimate of drug-likeness (QED) is 0.336. The minimum Gasteiger partial charge on any atom is -0.497 e. The van der Waals surface area contributed by atoms with Crippen molar-refractivity contribution in [2.75, 3.05) is 24.5 Å². The van der Waals surface area contributed by atoms with Gasteiger partial charge in [-0.05, 0) is 60.9 Å². The van der Waals surface area contributed by atoms with Crippen LogP contribution in [0.5, 0.6) is 11.5 Å². The molecule has 0 radical (unpaired) electrons. The predicted octanol–water partition coefficient (Wildman–Crippen LogP) is 6.11. The summed E-state index contributed by atoms with van der Waals surface area (Å²) in [6, 6.07) is 18.0. The molecule has 4 rings (SSSR count).